The van der Waals surface area contributed by atoms with E-state index in [1.165, 1.54) is 295 Å². The molecule has 0 rings (SSSR count). The van der Waals surface area contributed by atoms with Crippen molar-refractivity contribution in [3.05, 3.63) is 0 Å². The highest BCUT2D eigenvalue weighted by Gasteiger charge is 2.31. The van der Waals surface area contributed by atoms with Gasteiger partial charge in [-0.2, -0.15) is 0 Å². The number of aliphatic hydroxyl groups excluding tert-OH is 1. The number of hydrogen-bond acceptors (Lipinski definition) is 15. The molecular formula is C89H174O17P2. The Morgan fingerprint density at radius 2 is 0.426 bits per heavy atom. The molecule has 0 aliphatic heterocycles. The fourth-order valence-electron chi connectivity index (χ4n) is 14.0. The first-order valence-corrected chi connectivity index (χ1v) is 49.0. The Morgan fingerprint density at radius 3 is 0.630 bits per heavy atom. The molecule has 2 unspecified atom stereocenters. The van der Waals surface area contributed by atoms with Gasteiger partial charge in [-0.25, -0.2) is 9.13 Å². The molecule has 0 aromatic heterocycles. The molecule has 5 atom stereocenters. The van der Waals surface area contributed by atoms with Crippen molar-refractivity contribution >= 4 is 39.5 Å². The lowest BCUT2D eigenvalue weighted by Gasteiger charge is -2.21. The fourth-order valence-corrected chi connectivity index (χ4v) is 15.5. The number of aliphatic hydroxyl groups is 1. The fraction of sp³-hybridized carbons (Fsp3) is 0.955. The highest BCUT2D eigenvalue weighted by atomic mass is 31.2. The summed E-state index contributed by atoms with van der Waals surface area (Å²) in [7, 11) is -9.93. The summed E-state index contributed by atoms with van der Waals surface area (Å²) < 4.78 is 69.0. The zero-order valence-electron chi connectivity index (χ0n) is 71.2. The number of carbonyl (C=O) groups excluding carboxylic acids is 4. The lowest BCUT2D eigenvalue weighted by Crippen LogP contribution is -2.30. The maximum atomic E-state index is 13.2. The number of phosphoric ester groups is 2. The highest BCUT2D eigenvalue weighted by molar-refractivity contribution is 7.47. The Kier molecular flexibility index (Phi) is 78.8. The first-order valence-electron chi connectivity index (χ1n) is 46.0. The van der Waals surface area contributed by atoms with Crippen molar-refractivity contribution in [3.8, 4) is 0 Å². The van der Waals surface area contributed by atoms with Crippen molar-refractivity contribution in [2.24, 2.45) is 11.8 Å². The van der Waals surface area contributed by atoms with Gasteiger partial charge in [-0.3, -0.25) is 37.3 Å². The third-order valence-corrected chi connectivity index (χ3v) is 22.9. The predicted octanol–water partition coefficient (Wildman–Crippen LogP) is 27.4. The van der Waals surface area contributed by atoms with Crippen molar-refractivity contribution in [2.75, 3.05) is 39.6 Å². The average molecular weight is 1580 g/mol. The first-order chi connectivity index (χ1) is 52.4. The van der Waals surface area contributed by atoms with Gasteiger partial charge < -0.3 is 33.8 Å². The smallest absolute Gasteiger partial charge is 0.462 e. The quantitative estimate of drug-likeness (QED) is 0.0222. The summed E-state index contributed by atoms with van der Waals surface area (Å²) in [5.74, 6) is -0.552. The number of carbonyl (C=O) groups is 4. The summed E-state index contributed by atoms with van der Waals surface area (Å²) in [5.41, 5.74) is 0. The summed E-state index contributed by atoms with van der Waals surface area (Å²) in [6, 6.07) is 0. The first kappa shape index (κ1) is 106. The van der Waals surface area contributed by atoms with E-state index in [2.05, 4.69) is 41.5 Å². The van der Waals surface area contributed by atoms with Crippen LogP contribution in [0.4, 0.5) is 0 Å². The molecule has 0 radical (unpaired) electrons. The predicted molar refractivity (Wildman–Crippen MR) is 446 cm³/mol. The van der Waals surface area contributed by atoms with Crippen LogP contribution in [-0.4, -0.2) is 96.7 Å². The van der Waals surface area contributed by atoms with Crippen molar-refractivity contribution < 1.29 is 80.2 Å². The third-order valence-electron chi connectivity index (χ3n) is 21.0. The molecule has 0 spiro atoms. The Labute approximate surface area is 664 Å². The van der Waals surface area contributed by atoms with Gasteiger partial charge in [0.15, 0.2) is 12.2 Å². The van der Waals surface area contributed by atoms with Crippen LogP contribution in [0.2, 0.25) is 0 Å². The van der Waals surface area contributed by atoms with E-state index in [4.69, 9.17) is 37.0 Å². The Morgan fingerprint density at radius 1 is 0.250 bits per heavy atom. The Hall–Kier alpha value is -1.94. The lowest BCUT2D eigenvalue weighted by molar-refractivity contribution is -0.161. The molecule has 0 aromatic carbocycles. The van der Waals surface area contributed by atoms with E-state index in [0.29, 0.717) is 25.7 Å². The van der Waals surface area contributed by atoms with Crippen molar-refractivity contribution in [1.29, 1.82) is 0 Å². The molecule has 19 heteroatoms. The van der Waals surface area contributed by atoms with E-state index >= 15 is 0 Å². The molecule has 0 amide bonds. The molecule has 642 valence electrons. The summed E-state index contributed by atoms with van der Waals surface area (Å²) >= 11 is 0. The maximum Gasteiger partial charge on any atom is 0.472 e. The summed E-state index contributed by atoms with van der Waals surface area (Å²) in [6.07, 6.45) is 73.8. The molecule has 3 N–H and O–H groups in total. The van der Waals surface area contributed by atoms with Crippen LogP contribution in [0.15, 0.2) is 0 Å². The third kappa shape index (κ3) is 82.1. The number of phosphoric acid groups is 2. The molecule has 0 aromatic rings. The standard InChI is InChI=1S/C89H174O17P2/c1-7-9-11-13-15-17-19-21-23-24-25-26-27-31-35-38-42-46-53-59-65-71-86(91)99-77-84(105-88(93)74-68-62-56-48-44-40-36-32-29-28-30-34-37-41-45-51-57-63-69-81(3)4)79-103-107(95,96)101-75-83(90)76-102-108(97,98)104-80-85(78-100-87(92)72-66-60-54-50-49-52-58-64-70-82(5)6)106-89(94)73-67-61-55-47-43-39-33-22-20-18-16-14-12-10-8-2/h81-85,90H,7-80H2,1-6H3,(H,95,96)(H,97,98)/t83-,84-,85-/m1/s1. The molecule has 0 saturated heterocycles. The Bertz CT molecular complexity index is 2060. The number of ether oxygens (including phenoxy) is 4. The normalized spacial score (nSPS) is 13.8. The van der Waals surface area contributed by atoms with Gasteiger partial charge in [0, 0.05) is 25.7 Å². The maximum absolute atomic E-state index is 13.2. The van der Waals surface area contributed by atoms with Crippen LogP contribution in [0, 0.1) is 11.8 Å². The van der Waals surface area contributed by atoms with Gasteiger partial charge in [0.25, 0.3) is 0 Å². The van der Waals surface area contributed by atoms with Crippen molar-refractivity contribution in [1.82, 2.24) is 0 Å². The van der Waals surface area contributed by atoms with Crippen LogP contribution >= 0.6 is 15.6 Å². The van der Waals surface area contributed by atoms with E-state index in [0.717, 1.165) is 102 Å². The van der Waals surface area contributed by atoms with Crippen molar-refractivity contribution in [2.45, 2.75) is 496 Å². The number of unbranched alkanes of at least 4 members (excludes halogenated alkanes) is 58. The largest absolute Gasteiger partial charge is 0.472 e. The molecule has 0 heterocycles. The Balaban J connectivity index is 5.22. The molecule has 0 aliphatic rings. The molecule has 0 saturated carbocycles. The second-order valence-electron chi connectivity index (χ2n) is 32.9. The minimum atomic E-state index is -4.97. The van der Waals surface area contributed by atoms with Gasteiger partial charge in [-0.1, -0.05) is 427 Å². The van der Waals surface area contributed by atoms with Crippen LogP contribution in [0.5, 0.6) is 0 Å². The molecule has 17 nitrogen and oxygen atoms in total. The number of hydrogen-bond donors (Lipinski definition) is 3. The van der Waals surface area contributed by atoms with E-state index in [-0.39, 0.29) is 25.7 Å². The monoisotopic (exact) mass is 1580 g/mol. The topological polar surface area (TPSA) is 237 Å². The van der Waals surface area contributed by atoms with E-state index < -0.39 is 97.5 Å². The number of esters is 4. The van der Waals surface area contributed by atoms with Gasteiger partial charge in [0.1, 0.15) is 19.3 Å². The van der Waals surface area contributed by atoms with Gasteiger partial charge in [0.05, 0.1) is 26.4 Å². The molecule has 0 fully saturated rings. The molecular weight excluding hydrogens is 1400 g/mol. The summed E-state index contributed by atoms with van der Waals surface area (Å²) in [6.45, 7) is 9.69. The van der Waals surface area contributed by atoms with Gasteiger partial charge in [-0.05, 0) is 37.5 Å². The summed E-state index contributed by atoms with van der Waals surface area (Å²) in [5, 5.41) is 10.7. The molecule has 0 bridgehead atoms. The lowest BCUT2D eigenvalue weighted by atomic mass is 10.0. The molecule has 108 heavy (non-hydrogen) atoms. The van der Waals surface area contributed by atoms with Crippen LogP contribution in [0.3, 0.4) is 0 Å². The highest BCUT2D eigenvalue weighted by Crippen LogP contribution is 2.45. The molecule has 0 aliphatic carbocycles. The average Bonchev–Trinajstić information content (AvgIpc) is 0.899. The second kappa shape index (κ2) is 80.3. The van der Waals surface area contributed by atoms with Crippen LogP contribution in [0.1, 0.15) is 478 Å². The SMILES string of the molecule is CCCCCCCCCCCCCCCCCCCCCCCC(=O)OC[C@H](COP(=O)(O)OC[C@@H](O)COP(=O)(O)OC[C@@H](COC(=O)CCCCCCCCCCC(C)C)OC(=O)CCCCCCCCCCCCCCCCC)OC(=O)CCCCCCCCCCCCCCCCCCCCC(C)C. The second-order valence-corrected chi connectivity index (χ2v) is 35.8. The van der Waals surface area contributed by atoms with Crippen LogP contribution in [0.25, 0.3) is 0 Å². The van der Waals surface area contributed by atoms with E-state index in [1.54, 1.807) is 0 Å². The van der Waals surface area contributed by atoms with Gasteiger partial charge >= 0.3 is 39.5 Å². The van der Waals surface area contributed by atoms with E-state index in [1.807, 2.05) is 0 Å². The van der Waals surface area contributed by atoms with Gasteiger partial charge in [0.2, 0.25) is 0 Å². The minimum absolute atomic E-state index is 0.108. The number of rotatable bonds is 88. The zero-order valence-corrected chi connectivity index (χ0v) is 73.0. The van der Waals surface area contributed by atoms with Crippen molar-refractivity contribution in [3.63, 3.8) is 0 Å². The van der Waals surface area contributed by atoms with Gasteiger partial charge in [-0.15, -0.1) is 0 Å². The van der Waals surface area contributed by atoms with E-state index in [9.17, 15) is 43.2 Å². The summed E-state index contributed by atoms with van der Waals surface area (Å²) in [4.78, 5) is 73.3. The zero-order chi connectivity index (χ0) is 79.2. The van der Waals surface area contributed by atoms with Crippen LogP contribution < -0.4 is 0 Å². The minimum Gasteiger partial charge on any atom is -0.462 e. The van der Waals surface area contributed by atoms with Crippen LogP contribution in [-0.2, 0) is 65.4 Å².